The molecule has 2 aromatic rings. The van der Waals surface area contributed by atoms with Gasteiger partial charge in [-0.1, -0.05) is 45.0 Å². The van der Waals surface area contributed by atoms with E-state index in [1.54, 1.807) is 0 Å². The van der Waals surface area contributed by atoms with E-state index in [1.807, 2.05) is 6.07 Å². The van der Waals surface area contributed by atoms with Gasteiger partial charge in [0.1, 0.15) is 0 Å². The Morgan fingerprint density at radius 3 is 2.62 bits per heavy atom. The summed E-state index contributed by atoms with van der Waals surface area (Å²) in [5.41, 5.74) is 2.48. The Bertz CT molecular complexity index is 719. The van der Waals surface area contributed by atoms with Crippen LogP contribution in [0.2, 0.25) is 0 Å². The minimum Gasteiger partial charge on any atom is -0.422 e. The maximum absolute atomic E-state index is 6.06. The molecule has 5 nitrogen and oxygen atoms in total. The van der Waals surface area contributed by atoms with Gasteiger partial charge in [-0.05, 0) is 29.4 Å². The standard InChI is InChI=1S/C19H24N2O3/c1-19(2,3)16-14(9-11-23-16)17-20-21-18(24-17)15-13-7-5-4-6-12(13)8-10-22-15/h4-7,14-16H,8-11H2,1-3H3/t14-,15?,16-/m0/s1. The Balaban J connectivity index is 1.62. The number of benzene rings is 1. The number of nitrogens with zero attached hydrogens (tertiary/aromatic N) is 2. The molecule has 1 saturated heterocycles. The first kappa shape index (κ1) is 15.8. The molecular formula is C19H24N2O3. The second kappa shape index (κ2) is 5.97. The van der Waals surface area contributed by atoms with Crippen molar-refractivity contribution in [2.24, 2.45) is 5.41 Å². The van der Waals surface area contributed by atoms with Gasteiger partial charge in [-0.2, -0.15) is 0 Å². The molecular weight excluding hydrogens is 304 g/mol. The van der Waals surface area contributed by atoms with Gasteiger partial charge in [0.2, 0.25) is 11.8 Å². The minimum atomic E-state index is -0.258. The lowest BCUT2D eigenvalue weighted by atomic mass is 9.81. The van der Waals surface area contributed by atoms with Crippen LogP contribution in [0.4, 0.5) is 0 Å². The van der Waals surface area contributed by atoms with Gasteiger partial charge < -0.3 is 13.9 Å². The largest absolute Gasteiger partial charge is 0.422 e. The molecule has 1 unspecified atom stereocenters. The summed E-state index contributed by atoms with van der Waals surface area (Å²) in [6.45, 7) is 7.99. The second-order valence-electron chi connectivity index (χ2n) is 7.73. The van der Waals surface area contributed by atoms with E-state index in [-0.39, 0.29) is 23.5 Å². The van der Waals surface area contributed by atoms with Gasteiger partial charge in [0, 0.05) is 6.61 Å². The first-order chi connectivity index (χ1) is 11.5. The summed E-state index contributed by atoms with van der Waals surface area (Å²) in [6.07, 6.45) is 1.69. The summed E-state index contributed by atoms with van der Waals surface area (Å²) >= 11 is 0. The van der Waals surface area contributed by atoms with Gasteiger partial charge in [-0.3, -0.25) is 0 Å². The molecule has 0 aliphatic carbocycles. The lowest BCUT2D eigenvalue weighted by Gasteiger charge is -2.29. The molecule has 3 heterocycles. The summed E-state index contributed by atoms with van der Waals surface area (Å²) in [4.78, 5) is 0. The highest BCUT2D eigenvalue weighted by atomic mass is 16.5. The molecule has 1 fully saturated rings. The molecule has 2 aliphatic heterocycles. The Hall–Kier alpha value is -1.72. The van der Waals surface area contributed by atoms with Gasteiger partial charge in [0.15, 0.2) is 6.10 Å². The van der Waals surface area contributed by atoms with E-state index in [2.05, 4.69) is 49.2 Å². The lowest BCUT2D eigenvalue weighted by Crippen LogP contribution is -2.30. The second-order valence-corrected chi connectivity index (χ2v) is 7.73. The Kier molecular flexibility index (Phi) is 3.93. The minimum absolute atomic E-state index is 0.0454. The summed E-state index contributed by atoms with van der Waals surface area (Å²) in [7, 11) is 0. The normalized spacial score (nSPS) is 27.2. The molecule has 24 heavy (non-hydrogen) atoms. The van der Waals surface area contributed by atoms with Crippen LogP contribution in [0.25, 0.3) is 0 Å². The molecule has 4 rings (SSSR count). The van der Waals surface area contributed by atoms with Gasteiger partial charge in [-0.15, -0.1) is 10.2 Å². The Morgan fingerprint density at radius 2 is 1.79 bits per heavy atom. The van der Waals surface area contributed by atoms with Crippen molar-refractivity contribution in [3.8, 4) is 0 Å². The van der Waals surface area contributed by atoms with Crippen molar-refractivity contribution in [1.29, 1.82) is 0 Å². The molecule has 3 atom stereocenters. The molecule has 0 amide bonds. The fourth-order valence-corrected chi connectivity index (χ4v) is 3.80. The van der Waals surface area contributed by atoms with E-state index in [0.717, 1.165) is 25.0 Å². The number of rotatable bonds is 2. The Morgan fingerprint density at radius 1 is 1.00 bits per heavy atom. The van der Waals surface area contributed by atoms with Crippen molar-refractivity contribution in [3.05, 3.63) is 47.2 Å². The molecule has 0 radical (unpaired) electrons. The third kappa shape index (κ3) is 2.76. The van der Waals surface area contributed by atoms with Crippen molar-refractivity contribution >= 4 is 0 Å². The maximum atomic E-state index is 6.06. The summed E-state index contributed by atoms with van der Waals surface area (Å²) in [6, 6.07) is 8.31. The highest BCUT2D eigenvalue weighted by Crippen LogP contribution is 2.41. The number of ether oxygens (including phenoxy) is 2. The van der Waals surface area contributed by atoms with Crippen LogP contribution in [0.3, 0.4) is 0 Å². The fraction of sp³-hybridized carbons (Fsp3) is 0.579. The molecule has 0 saturated carbocycles. The van der Waals surface area contributed by atoms with Crippen molar-refractivity contribution in [3.63, 3.8) is 0 Å². The highest BCUT2D eigenvalue weighted by molar-refractivity contribution is 5.33. The molecule has 0 spiro atoms. The fourth-order valence-electron chi connectivity index (χ4n) is 3.80. The molecule has 0 N–H and O–H groups in total. The van der Waals surface area contributed by atoms with E-state index in [1.165, 1.54) is 5.56 Å². The smallest absolute Gasteiger partial charge is 0.249 e. The number of fused-ring (bicyclic) bond motifs is 1. The van der Waals surface area contributed by atoms with Crippen molar-refractivity contribution in [2.45, 2.75) is 51.7 Å². The van der Waals surface area contributed by atoms with Crippen molar-refractivity contribution < 1.29 is 13.9 Å². The molecule has 5 heteroatoms. The number of aromatic nitrogens is 2. The number of hydrogen-bond donors (Lipinski definition) is 0. The molecule has 1 aromatic carbocycles. The van der Waals surface area contributed by atoms with Crippen LogP contribution < -0.4 is 0 Å². The van der Waals surface area contributed by atoms with Crippen molar-refractivity contribution in [2.75, 3.05) is 13.2 Å². The van der Waals surface area contributed by atoms with Crippen LogP contribution in [-0.4, -0.2) is 29.5 Å². The van der Waals surface area contributed by atoms with Crippen LogP contribution in [-0.2, 0) is 15.9 Å². The Labute approximate surface area is 142 Å². The maximum Gasteiger partial charge on any atom is 0.249 e. The molecule has 2 aliphatic rings. The predicted octanol–water partition coefficient (Wildman–Crippen LogP) is 3.65. The van der Waals surface area contributed by atoms with E-state index in [9.17, 15) is 0 Å². The third-order valence-electron chi connectivity index (χ3n) is 4.94. The van der Waals surface area contributed by atoms with E-state index < -0.39 is 0 Å². The average molecular weight is 328 g/mol. The zero-order valence-electron chi connectivity index (χ0n) is 14.5. The molecule has 0 bridgehead atoms. The van der Waals surface area contributed by atoms with Crippen LogP contribution in [0.5, 0.6) is 0 Å². The zero-order chi connectivity index (χ0) is 16.7. The predicted molar refractivity (Wildman–Crippen MR) is 88.8 cm³/mol. The van der Waals surface area contributed by atoms with Gasteiger partial charge in [0.25, 0.3) is 0 Å². The topological polar surface area (TPSA) is 57.4 Å². The van der Waals surface area contributed by atoms with Crippen LogP contribution in [0.15, 0.2) is 28.7 Å². The van der Waals surface area contributed by atoms with Crippen LogP contribution in [0, 0.1) is 5.41 Å². The zero-order valence-corrected chi connectivity index (χ0v) is 14.5. The van der Waals surface area contributed by atoms with Crippen LogP contribution >= 0.6 is 0 Å². The first-order valence-electron chi connectivity index (χ1n) is 8.68. The van der Waals surface area contributed by atoms with E-state index >= 15 is 0 Å². The van der Waals surface area contributed by atoms with Gasteiger partial charge in [-0.25, -0.2) is 0 Å². The van der Waals surface area contributed by atoms with Crippen LogP contribution in [0.1, 0.15) is 62.1 Å². The van der Waals surface area contributed by atoms with E-state index in [4.69, 9.17) is 13.9 Å². The van der Waals surface area contributed by atoms with Crippen molar-refractivity contribution in [1.82, 2.24) is 10.2 Å². The average Bonchev–Trinajstić information content (AvgIpc) is 3.22. The summed E-state index contributed by atoms with van der Waals surface area (Å²) in [5, 5.41) is 8.64. The quantitative estimate of drug-likeness (QED) is 0.842. The summed E-state index contributed by atoms with van der Waals surface area (Å²) in [5.74, 6) is 1.39. The highest BCUT2D eigenvalue weighted by Gasteiger charge is 2.41. The SMILES string of the molecule is CC(C)(C)[C@H]1OCC[C@@H]1c1nnc(C2OCCc3ccccc32)o1. The molecule has 1 aromatic heterocycles. The first-order valence-corrected chi connectivity index (χ1v) is 8.68. The van der Waals surface area contributed by atoms with Gasteiger partial charge in [0.05, 0.1) is 18.6 Å². The monoisotopic (exact) mass is 328 g/mol. The summed E-state index contributed by atoms with van der Waals surface area (Å²) < 4.78 is 17.9. The number of hydrogen-bond acceptors (Lipinski definition) is 5. The van der Waals surface area contributed by atoms with Gasteiger partial charge >= 0.3 is 0 Å². The third-order valence-corrected chi connectivity index (χ3v) is 4.94. The van der Waals surface area contributed by atoms with E-state index in [0.29, 0.717) is 18.4 Å². The lowest BCUT2D eigenvalue weighted by molar-refractivity contribution is 0.0156. The molecule has 128 valence electrons.